The molecule has 0 unspecified atom stereocenters. The van der Waals surface area contributed by atoms with Crippen LogP contribution in [0.2, 0.25) is 0 Å². The molecule has 5 heteroatoms. The molecule has 0 bridgehead atoms. The Bertz CT molecular complexity index is 447. The molecule has 0 radical (unpaired) electrons. The second-order valence-electron chi connectivity index (χ2n) is 4.13. The van der Waals surface area contributed by atoms with Gasteiger partial charge in [-0.2, -0.15) is 0 Å². The zero-order valence-corrected chi connectivity index (χ0v) is 14.7. The van der Waals surface area contributed by atoms with Crippen molar-refractivity contribution in [2.45, 2.75) is 20.4 Å². The number of nitrogens with one attached hydrogen (secondary N) is 2. The van der Waals surface area contributed by atoms with Crippen LogP contribution in [-0.2, 0) is 6.54 Å². The van der Waals surface area contributed by atoms with Gasteiger partial charge in [-0.05, 0) is 31.0 Å². The van der Waals surface area contributed by atoms with Gasteiger partial charge >= 0.3 is 0 Å². The second-order valence-corrected chi connectivity index (χ2v) is 4.13. The molecule has 1 aromatic rings. The van der Waals surface area contributed by atoms with Gasteiger partial charge in [-0.25, -0.2) is 0 Å². The van der Waals surface area contributed by atoms with Crippen LogP contribution in [0.5, 0.6) is 5.75 Å². The molecule has 2 N–H and O–H groups in total. The Labute approximate surface area is 138 Å². The predicted octanol–water partition coefficient (Wildman–Crippen LogP) is 2.86. The smallest absolute Gasteiger partial charge is 0.191 e. The molecular weight excluding hydrogens is 365 g/mol. The Balaban J connectivity index is 0.00000361. The van der Waals surface area contributed by atoms with Gasteiger partial charge < -0.3 is 15.4 Å². The van der Waals surface area contributed by atoms with E-state index in [4.69, 9.17) is 4.74 Å². The molecule has 0 aliphatic rings. The molecule has 4 nitrogen and oxygen atoms in total. The molecule has 0 aromatic heterocycles. The van der Waals surface area contributed by atoms with Crippen molar-refractivity contribution in [2.24, 2.45) is 4.99 Å². The van der Waals surface area contributed by atoms with E-state index < -0.39 is 0 Å². The molecule has 0 saturated heterocycles. The molecule has 0 amide bonds. The van der Waals surface area contributed by atoms with E-state index in [9.17, 15) is 0 Å². The highest BCUT2D eigenvalue weighted by Crippen LogP contribution is 2.18. The summed E-state index contributed by atoms with van der Waals surface area (Å²) >= 11 is 0. The lowest BCUT2D eigenvalue weighted by Crippen LogP contribution is -2.36. The van der Waals surface area contributed by atoms with E-state index >= 15 is 0 Å². The van der Waals surface area contributed by atoms with Gasteiger partial charge in [-0.3, -0.25) is 4.99 Å². The summed E-state index contributed by atoms with van der Waals surface area (Å²) < 4.78 is 5.52. The van der Waals surface area contributed by atoms with E-state index in [1.165, 1.54) is 5.56 Å². The minimum absolute atomic E-state index is 0. The first-order valence-corrected chi connectivity index (χ1v) is 6.49. The predicted molar refractivity (Wildman–Crippen MR) is 96.2 cm³/mol. The number of nitrogens with zero attached hydrogens (tertiary/aromatic N) is 1. The Morgan fingerprint density at radius 1 is 1.40 bits per heavy atom. The van der Waals surface area contributed by atoms with Crippen LogP contribution in [0.3, 0.4) is 0 Å². The number of rotatable bonds is 6. The van der Waals surface area contributed by atoms with E-state index in [-0.39, 0.29) is 24.0 Å². The summed E-state index contributed by atoms with van der Waals surface area (Å²) in [7, 11) is 1.75. The van der Waals surface area contributed by atoms with Crippen molar-refractivity contribution in [3.63, 3.8) is 0 Å². The summed E-state index contributed by atoms with van der Waals surface area (Å²) in [5.41, 5.74) is 2.35. The third-order valence-corrected chi connectivity index (χ3v) is 2.64. The molecular formula is C15H24IN3O. The average molecular weight is 389 g/mol. The summed E-state index contributed by atoms with van der Waals surface area (Å²) in [5, 5.41) is 6.38. The van der Waals surface area contributed by atoms with E-state index in [2.05, 4.69) is 41.3 Å². The SMILES string of the molecule is C=CCNC(=NC)NCc1ccc(OCC)c(C)c1.I. The number of ether oxygens (including phenoxy) is 1. The third-order valence-electron chi connectivity index (χ3n) is 2.64. The van der Waals surface area contributed by atoms with Crippen LogP contribution < -0.4 is 15.4 Å². The standard InChI is InChI=1S/C15H23N3O.HI/c1-5-9-17-15(16-4)18-11-13-7-8-14(19-6-2)12(3)10-13;/h5,7-8,10H,1,6,9,11H2,2-4H3,(H2,16,17,18);1H. The molecule has 0 spiro atoms. The van der Waals surface area contributed by atoms with Crippen LogP contribution in [0.25, 0.3) is 0 Å². The maximum absolute atomic E-state index is 5.52. The molecule has 0 saturated carbocycles. The van der Waals surface area contributed by atoms with Gasteiger partial charge in [0.25, 0.3) is 0 Å². The summed E-state index contributed by atoms with van der Waals surface area (Å²) in [5.74, 6) is 1.71. The summed E-state index contributed by atoms with van der Waals surface area (Å²) in [6.07, 6.45) is 1.80. The molecule has 0 aliphatic carbocycles. The van der Waals surface area contributed by atoms with Gasteiger partial charge in [-0.1, -0.05) is 18.2 Å². The normalized spacial score (nSPS) is 10.4. The fourth-order valence-corrected chi connectivity index (χ4v) is 1.71. The Hall–Kier alpha value is -1.24. The topological polar surface area (TPSA) is 45.7 Å². The van der Waals surface area contributed by atoms with Gasteiger partial charge in [0.05, 0.1) is 6.61 Å². The van der Waals surface area contributed by atoms with Gasteiger partial charge in [0.1, 0.15) is 5.75 Å². The maximum Gasteiger partial charge on any atom is 0.191 e. The number of benzene rings is 1. The van der Waals surface area contributed by atoms with Crippen LogP contribution in [0.4, 0.5) is 0 Å². The number of guanidine groups is 1. The highest BCUT2D eigenvalue weighted by atomic mass is 127. The Kier molecular flexibility index (Phi) is 9.88. The minimum Gasteiger partial charge on any atom is -0.494 e. The first-order valence-electron chi connectivity index (χ1n) is 6.49. The van der Waals surface area contributed by atoms with Gasteiger partial charge in [0.15, 0.2) is 5.96 Å². The number of hydrogen-bond acceptors (Lipinski definition) is 2. The van der Waals surface area contributed by atoms with Crippen LogP contribution in [0.1, 0.15) is 18.1 Å². The molecule has 0 fully saturated rings. The van der Waals surface area contributed by atoms with Crippen LogP contribution in [-0.4, -0.2) is 26.2 Å². The number of aliphatic imine (C=N–C) groups is 1. The molecule has 20 heavy (non-hydrogen) atoms. The van der Waals surface area contributed by atoms with E-state index in [1.807, 2.05) is 13.0 Å². The summed E-state index contributed by atoms with van der Waals surface area (Å²) in [6.45, 7) is 9.82. The molecule has 1 rings (SSSR count). The molecule has 0 heterocycles. The van der Waals surface area contributed by atoms with Gasteiger partial charge in [-0.15, -0.1) is 30.6 Å². The average Bonchev–Trinajstić information content (AvgIpc) is 2.42. The lowest BCUT2D eigenvalue weighted by atomic mass is 10.1. The summed E-state index contributed by atoms with van der Waals surface area (Å²) in [4.78, 5) is 4.13. The van der Waals surface area contributed by atoms with E-state index in [0.29, 0.717) is 13.2 Å². The van der Waals surface area contributed by atoms with Crippen molar-refractivity contribution in [2.75, 3.05) is 20.2 Å². The highest BCUT2D eigenvalue weighted by molar-refractivity contribution is 14.0. The van der Waals surface area contributed by atoms with Gasteiger partial charge in [0.2, 0.25) is 0 Å². The fraction of sp³-hybridized carbons (Fsp3) is 0.400. The zero-order valence-electron chi connectivity index (χ0n) is 12.4. The first-order chi connectivity index (χ1) is 9.21. The van der Waals surface area contributed by atoms with E-state index in [0.717, 1.165) is 23.8 Å². The second kappa shape index (κ2) is 10.5. The van der Waals surface area contributed by atoms with Crippen molar-refractivity contribution in [3.8, 4) is 5.75 Å². The highest BCUT2D eigenvalue weighted by Gasteiger charge is 2.01. The largest absolute Gasteiger partial charge is 0.494 e. The molecule has 0 atom stereocenters. The molecule has 0 aliphatic heterocycles. The molecule has 1 aromatic carbocycles. The van der Waals surface area contributed by atoms with Gasteiger partial charge in [0, 0.05) is 20.1 Å². The first kappa shape index (κ1) is 18.8. The van der Waals surface area contributed by atoms with Crippen LogP contribution in [0, 0.1) is 6.92 Å². The summed E-state index contributed by atoms with van der Waals surface area (Å²) in [6, 6.07) is 6.19. The maximum atomic E-state index is 5.52. The van der Waals surface area contributed by atoms with Crippen molar-refractivity contribution < 1.29 is 4.74 Å². The number of halogens is 1. The zero-order chi connectivity index (χ0) is 14.1. The number of hydrogen-bond donors (Lipinski definition) is 2. The Morgan fingerprint density at radius 2 is 2.15 bits per heavy atom. The monoisotopic (exact) mass is 389 g/mol. The quantitative estimate of drug-likeness (QED) is 0.341. The lowest BCUT2D eigenvalue weighted by Gasteiger charge is -2.12. The third kappa shape index (κ3) is 6.27. The van der Waals surface area contributed by atoms with Crippen molar-refractivity contribution in [3.05, 3.63) is 42.0 Å². The minimum atomic E-state index is 0. The van der Waals surface area contributed by atoms with Crippen LogP contribution in [0.15, 0.2) is 35.8 Å². The van der Waals surface area contributed by atoms with Crippen molar-refractivity contribution in [1.82, 2.24) is 10.6 Å². The van der Waals surface area contributed by atoms with Crippen molar-refractivity contribution in [1.29, 1.82) is 0 Å². The van der Waals surface area contributed by atoms with Crippen LogP contribution >= 0.6 is 24.0 Å². The lowest BCUT2D eigenvalue weighted by molar-refractivity contribution is 0.338. The Morgan fingerprint density at radius 3 is 2.70 bits per heavy atom. The molecule has 112 valence electrons. The van der Waals surface area contributed by atoms with Crippen molar-refractivity contribution >= 4 is 29.9 Å². The fourth-order valence-electron chi connectivity index (χ4n) is 1.71. The van der Waals surface area contributed by atoms with E-state index in [1.54, 1.807) is 13.1 Å². The number of aryl methyl sites for hydroxylation is 1.